The van der Waals surface area contributed by atoms with Gasteiger partial charge in [-0.15, -0.1) is 0 Å². The van der Waals surface area contributed by atoms with Crippen molar-refractivity contribution in [2.45, 2.75) is 58.7 Å². The number of ether oxygens (including phenoxy) is 4. The van der Waals surface area contributed by atoms with Gasteiger partial charge in [0.05, 0.1) is 0 Å². The molecule has 1 aromatic rings. The number of amides is 1. The zero-order valence-corrected chi connectivity index (χ0v) is 18.1. The third-order valence-electron chi connectivity index (χ3n) is 4.83. The van der Waals surface area contributed by atoms with Gasteiger partial charge in [0.2, 0.25) is 6.79 Å². The first kappa shape index (κ1) is 22.8. The lowest BCUT2D eigenvalue weighted by molar-refractivity contribution is -0.163. The van der Waals surface area contributed by atoms with Crippen molar-refractivity contribution in [1.29, 1.82) is 0 Å². The van der Waals surface area contributed by atoms with E-state index in [-0.39, 0.29) is 25.4 Å². The Bertz CT molecular complexity index is 734. The summed E-state index contributed by atoms with van der Waals surface area (Å²) < 4.78 is 21.5. The molecule has 0 saturated carbocycles. The molecule has 0 aliphatic carbocycles. The molecule has 8 nitrogen and oxygen atoms in total. The van der Waals surface area contributed by atoms with Crippen LogP contribution in [0.5, 0.6) is 11.5 Å². The topological polar surface area (TPSA) is 100 Å². The van der Waals surface area contributed by atoms with E-state index in [1.165, 1.54) is 4.90 Å². The Hall–Kier alpha value is -2.48. The molecule has 0 fully saturated rings. The highest BCUT2D eigenvalue weighted by molar-refractivity contribution is 5.76. The maximum Gasteiger partial charge on any atom is 0.409 e. The van der Waals surface area contributed by atoms with Gasteiger partial charge in [-0.2, -0.15) is 0 Å². The van der Waals surface area contributed by atoms with Crippen molar-refractivity contribution in [2.75, 3.05) is 20.4 Å². The van der Waals surface area contributed by atoms with E-state index >= 15 is 0 Å². The monoisotopic (exact) mass is 408 g/mol. The minimum Gasteiger partial charge on any atom is -0.455 e. The molecule has 2 rings (SSSR count). The van der Waals surface area contributed by atoms with E-state index in [0.717, 1.165) is 11.3 Å². The zero-order chi connectivity index (χ0) is 21.8. The molecule has 0 spiro atoms. The molecule has 2 unspecified atom stereocenters. The normalized spacial score (nSPS) is 15.0. The van der Waals surface area contributed by atoms with E-state index in [1.54, 1.807) is 20.9 Å². The van der Waals surface area contributed by atoms with E-state index in [0.29, 0.717) is 12.2 Å². The second-order valence-corrected chi connectivity index (χ2v) is 8.36. The molecule has 1 aromatic carbocycles. The standard InChI is InChI=1S/C21H32N2O6/c1-13(2)18(22)19(24)29-21(4,5)11-26-20(25)23(6)14(3)9-15-7-8-16-17(10-15)28-12-27-16/h7-8,10,13-14,18H,9,11-12,22H2,1-6H3. The van der Waals surface area contributed by atoms with Gasteiger partial charge in [-0.1, -0.05) is 19.9 Å². The molecule has 2 atom stereocenters. The van der Waals surface area contributed by atoms with Gasteiger partial charge < -0.3 is 29.6 Å². The number of likely N-dealkylation sites (N-methyl/N-ethyl adjacent to an activating group) is 1. The van der Waals surface area contributed by atoms with Gasteiger partial charge in [0.15, 0.2) is 11.5 Å². The molecule has 1 heterocycles. The number of benzene rings is 1. The van der Waals surface area contributed by atoms with Crippen molar-refractivity contribution >= 4 is 12.1 Å². The summed E-state index contributed by atoms with van der Waals surface area (Å²) in [6.07, 6.45) is 0.139. The number of fused-ring (bicyclic) bond motifs is 1. The second kappa shape index (κ2) is 9.35. The highest BCUT2D eigenvalue weighted by Gasteiger charge is 2.30. The number of hydrogen-bond donors (Lipinski definition) is 1. The maximum atomic E-state index is 12.4. The van der Waals surface area contributed by atoms with Crippen molar-refractivity contribution in [2.24, 2.45) is 11.7 Å². The van der Waals surface area contributed by atoms with E-state index in [9.17, 15) is 9.59 Å². The molecular weight excluding hydrogens is 376 g/mol. The van der Waals surface area contributed by atoms with Crippen LogP contribution < -0.4 is 15.2 Å². The van der Waals surface area contributed by atoms with Crippen LogP contribution in [-0.4, -0.2) is 55.1 Å². The van der Waals surface area contributed by atoms with Crippen LogP contribution in [0.1, 0.15) is 40.2 Å². The van der Waals surface area contributed by atoms with Crippen LogP contribution >= 0.6 is 0 Å². The van der Waals surface area contributed by atoms with Crippen molar-refractivity contribution in [3.8, 4) is 11.5 Å². The Kier molecular flexibility index (Phi) is 7.35. The quantitative estimate of drug-likeness (QED) is 0.660. The van der Waals surface area contributed by atoms with Gasteiger partial charge in [0.25, 0.3) is 0 Å². The van der Waals surface area contributed by atoms with Crippen LogP contribution in [0.2, 0.25) is 0 Å². The third-order valence-corrected chi connectivity index (χ3v) is 4.83. The second-order valence-electron chi connectivity index (χ2n) is 8.36. The van der Waals surface area contributed by atoms with E-state index in [2.05, 4.69) is 0 Å². The molecule has 1 aliphatic heterocycles. The van der Waals surface area contributed by atoms with Gasteiger partial charge in [0, 0.05) is 13.1 Å². The summed E-state index contributed by atoms with van der Waals surface area (Å²) in [4.78, 5) is 26.0. The fraction of sp³-hybridized carbons (Fsp3) is 0.619. The van der Waals surface area contributed by atoms with Crippen molar-refractivity contribution in [1.82, 2.24) is 4.90 Å². The van der Waals surface area contributed by atoms with E-state index in [1.807, 2.05) is 39.0 Å². The lowest BCUT2D eigenvalue weighted by Crippen LogP contribution is -2.45. The van der Waals surface area contributed by atoms with Crippen LogP contribution in [0, 0.1) is 5.92 Å². The lowest BCUT2D eigenvalue weighted by Gasteiger charge is -2.29. The minimum absolute atomic E-state index is 0.0380. The van der Waals surface area contributed by atoms with Crippen molar-refractivity contribution < 1.29 is 28.5 Å². The Morgan fingerprint density at radius 2 is 1.86 bits per heavy atom. The fourth-order valence-corrected chi connectivity index (χ4v) is 2.71. The summed E-state index contributed by atoms with van der Waals surface area (Å²) in [5, 5.41) is 0. The predicted molar refractivity (Wildman–Crippen MR) is 108 cm³/mol. The Labute approximate surface area is 172 Å². The summed E-state index contributed by atoms with van der Waals surface area (Å²) in [6.45, 7) is 9.14. The minimum atomic E-state index is -0.972. The van der Waals surface area contributed by atoms with Gasteiger partial charge >= 0.3 is 12.1 Å². The van der Waals surface area contributed by atoms with Crippen molar-refractivity contribution in [3.63, 3.8) is 0 Å². The van der Waals surface area contributed by atoms with Gasteiger partial charge in [-0.3, -0.25) is 4.79 Å². The molecule has 0 radical (unpaired) electrons. The van der Waals surface area contributed by atoms with Crippen LogP contribution in [0.15, 0.2) is 18.2 Å². The van der Waals surface area contributed by atoms with Crippen LogP contribution in [0.3, 0.4) is 0 Å². The summed E-state index contributed by atoms with van der Waals surface area (Å²) >= 11 is 0. The first-order valence-corrected chi connectivity index (χ1v) is 9.76. The highest BCUT2D eigenvalue weighted by atomic mass is 16.7. The average Bonchev–Trinajstić information content (AvgIpc) is 3.12. The molecule has 1 amide bonds. The average molecular weight is 408 g/mol. The molecule has 2 N–H and O–H groups in total. The predicted octanol–water partition coefficient (Wildman–Crippen LogP) is 2.72. The number of carbonyl (C=O) groups excluding carboxylic acids is 2. The molecule has 1 aliphatic rings. The number of carbonyl (C=O) groups is 2. The summed E-state index contributed by atoms with van der Waals surface area (Å²) in [6, 6.07) is 4.90. The first-order valence-electron chi connectivity index (χ1n) is 9.76. The van der Waals surface area contributed by atoms with Crippen molar-refractivity contribution in [3.05, 3.63) is 23.8 Å². The molecular formula is C21H32N2O6. The van der Waals surface area contributed by atoms with Gasteiger partial charge in [-0.25, -0.2) is 4.79 Å². The first-order chi connectivity index (χ1) is 13.5. The van der Waals surface area contributed by atoms with Crippen LogP contribution in [0.4, 0.5) is 4.79 Å². The van der Waals surface area contributed by atoms with Crippen LogP contribution in [-0.2, 0) is 20.7 Å². The summed E-state index contributed by atoms with van der Waals surface area (Å²) in [5.41, 5.74) is 5.87. The number of nitrogens with zero attached hydrogens (tertiary/aromatic N) is 1. The molecule has 0 aromatic heterocycles. The summed E-state index contributed by atoms with van der Waals surface area (Å²) in [5.74, 6) is 0.890. The third kappa shape index (κ3) is 6.25. The fourth-order valence-electron chi connectivity index (χ4n) is 2.71. The van der Waals surface area contributed by atoms with Crippen LogP contribution in [0.25, 0.3) is 0 Å². The number of hydrogen-bond acceptors (Lipinski definition) is 7. The number of nitrogens with two attached hydrogens (primary N) is 1. The lowest BCUT2D eigenvalue weighted by atomic mass is 10.1. The Morgan fingerprint density at radius 1 is 1.21 bits per heavy atom. The SMILES string of the molecule is CC(C)C(N)C(=O)OC(C)(C)COC(=O)N(C)C(C)Cc1ccc2c(c1)OCO2. The zero-order valence-electron chi connectivity index (χ0n) is 18.1. The van der Waals surface area contributed by atoms with E-state index in [4.69, 9.17) is 24.7 Å². The largest absolute Gasteiger partial charge is 0.455 e. The molecule has 29 heavy (non-hydrogen) atoms. The number of esters is 1. The van der Waals surface area contributed by atoms with Gasteiger partial charge in [0.1, 0.15) is 18.2 Å². The molecule has 0 saturated heterocycles. The molecule has 0 bridgehead atoms. The number of rotatable bonds is 8. The van der Waals surface area contributed by atoms with E-state index < -0.39 is 23.7 Å². The molecule has 8 heteroatoms. The van der Waals surface area contributed by atoms with Gasteiger partial charge in [-0.05, 0) is 50.8 Å². The summed E-state index contributed by atoms with van der Waals surface area (Å²) in [7, 11) is 1.67. The highest BCUT2D eigenvalue weighted by Crippen LogP contribution is 2.33. The molecule has 162 valence electrons. The Balaban J connectivity index is 1.85. The maximum absolute atomic E-state index is 12.4. The Morgan fingerprint density at radius 3 is 2.52 bits per heavy atom. The smallest absolute Gasteiger partial charge is 0.409 e.